The largest absolute Gasteiger partial charge is 0.504 e. The molecule has 0 saturated carbocycles. The number of rotatable bonds is 3. The lowest BCUT2D eigenvalue weighted by Gasteiger charge is -2.34. The Morgan fingerprint density at radius 3 is 2.46 bits per heavy atom. The second-order valence-electron chi connectivity index (χ2n) is 6.46. The zero-order valence-corrected chi connectivity index (χ0v) is 14.2. The van der Waals surface area contributed by atoms with Gasteiger partial charge in [0.25, 0.3) is 5.91 Å². The molecule has 2 heterocycles. The molecule has 2 aliphatic rings. The molecule has 136 valence electrons. The fraction of sp³-hybridized carbons (Fsp3) is 0.316. The van der Waals surface area contributed by atoms with E-state index in [1.807, 2.05) is 18.2 Å². The molecule has 1 saturated heterocycles. The van der Waals surface area contributed by atoms with E-state index in [2.05, 4.69) is 4.90 Å². The number of carbonyl (C=O) groups is 1. The summed E-state index contributed by atoms with van der Waals surface area (Å²) in [6, 6.07) is 10.1. The number of phenolic OH excluding ortho intramolecular Hbond substituents is 2. The number of piperazine rings is 1. The maximum Gasteiger partial charge on any atom is 0.254 e. The van der Waals surface area contributed by atoms with Crippen LogP contribution in [-0.4, -0.2) is 58.9 Å². The Kier molecular flexibility index (Phi) is 4.30. The lowest BCUT2D eigenvalue weighted by molar-refractivity contribution is 0.0628. The van der Waals surface area contributed by atoms with Crippen molar-refractivity contribution in [1.29, 1.82) is 0 Å². The zero-order valence-electron chi connectivity index (χ0n) is 14.2. The third-order valence-corrected chi connectivity index (χ3v) is 4.73. The van der Waals surface area contributed by atoms with E-state index in [0.29, 0.717) is 18.7 Å². The van der Waals surface area contributed by atoms with Crippen molar-refractivity contribution in [2.45, 2.75) is 6.54 Å². The molecule has 0 unspecified atom stereocenters. The van der Waals surface area contributed by atoms with Crippen LogP contribution in [0.5, 0.6) is 23.0 Å². The topological polar surface area (TPSA) is 82.5 Å². The minimum absolute atomic E-state index is 0.136. The quantitative estimate of drug-likeness (QED) is 0.816. The van der Waals surface area contributed by atoms with Gasteiger partial charge in [-0.3, -0.25) is 9.69 Å². The third-order valence-electron chi connectivity index (χ3n) is 4.73. The first kappa shape index (κ1) is 16.5. The summed E-state index contributed by atoms with van der Waals surface area (Å²) in [6.45, 7) is 3.83. The Morgan fingerprint density at radius 1 is 0.923 bits per heavy atom. The average Bonchev–Trinajstić information content (AvgIpc) is 3.12. The van der Waals surface area contributed by atoms with Crippen molar-refractivity contribution < 1.29 is 24.5 Å². The molecule has 2 aromatic rings. The second kappa shape index (κ2) is 6.76. The van der Waals surface area contributed by atoms with E-state index in [4.69, 9.17) is 9.47 Å². The van der Waals surface area contributed by atoms with Gasteiger partial charge in [-0.2, -0.15) is 0 Å². The molecule has 2 aliphatic heterocycles. The van der Waals surface area contributed by atoms with Crippen molar-refractivity contribution >= 4 is 5.91 Å². The van der Waals surface area contributed by atoms with Gasteiger partial charge in [-0.25, -0.2) is 0 Å². The minimum Gasteiger partial charge on any atom is -0.504 e. The SMILES string of the molecule is O=C(c1ccc(O)c(O)c1)N1CCN(Cc2ccc3c(c2)OCO3)CC1. The van der Waals surface area contributed by atoms with Gasteiger partial charge < -0.3 is 24.6 Å². The number of carbonyl (C=O) groups excluding carboxylic acids is 1. The average molecular weight is 356 g/mol. The van der Waals surface area contributed by atoms with Gasteiger partial charge in [0.15, 0.2) is 23.0 Å². The molecule has 7 heteroatoms. The molecular weight excluding hydrogens is 336 g/mol. The number of nitrogens with zero attached hydrogens (tertiary/aromatic N) is 2. The smallest absolute Gasteiger partial charge is 0.254 e. The predicted octanol–water partition coefficient (Wildman–Crippen LogP) is 1.78. The third kappa shape index (κ3) is 3.25. The van der Waals surface area contributed by atoms with E-state index in [9.17, 15) is 15.0 Å². The molecule has 0 spiro atoms. The summed E-state index contributed by atoms with van der Waals surface area (Å²) in [4.78, 5) is 16.6. The number of aromatic hydroxyl groups is 2. The van der Waals surface area contributed by atoms with E-state index >= 15 is 0 Å². The van der Waals surface area contributed by atoms with E-state index in [1.54, 1.807) is 4.90 Å². The van der Waals surface area contributed by atoms with Crippen LogP contribution in [0.4, 0.5) is 0 Å². The Labute approximate surface area is 151 Å². The van der Waals surface area contributed by atoms with Gasteiger partial charge in [-0.15, -0.1) is 0 Å². The normalized spacial score (nSPS) is 16.7. The molecule has 2 aromatic carbocycles. The molecule has 0 aliphatic carbocycles. The molecule has 0 radical (unpaired) electrons. The van der Waals surface area contributed by atoms with Crippen LogP contribution in [0, 0.1) is 0 Å². The highest BCUT2D eigenvalue weighted by atomic mass is 16.7. The maximum atomic E-state index is 12.5. The van der Waals surface area contributed by atoms with Crippen LogP contribution >= 0.6 is 0 Å². The molecular formula is C19H20N2O5. The van der Waals surface area contributed by atoms with Gasteiger partial charge in [0, 0.05) is 38.3 Å². The van der Waals surface area contributed by atoms with Crippen molar-refractivity contribution in [2.24, 2.45) is 0 Å². The molecule has 0 aromatic heterocycles. The van der Waals surface area contributed by atoms with Crippen molar-refractivity contribution in [1.82, 2.24) is 9.80 Å². The number of hydrogen-bond donors (Lipinski definition) is 2. The van der Waals surface area contributed by atoms with Crippen LogP contribution in [0.2, 0.25) is 0 Å². The van der Waals surface area contributed by atoms with Crippen molar-refractivity contribution in [2.75, 3.05) is 33.0 Å². The van der Waals surface area contributed by atoms with E-state index < -0.39 is 0 Å². The van der Waals surface area contributed by atoms with Crippen molar-refractivity contribution in [3.8, 4) is 23.0 Å². The summed E-state index contributed by atoms with van der Waals surface area (Å²) in [7, 11) is 0. The first-order valence-electron chi connectivity index (χ1n) is 8.52. The van der Waals surface area contributed by atoms with Crippen molar-refractivity contribution in [3.63, 3.8) is 0 Å². The monoisotopic (exact) mass is 356 g/mol. The molecule has 1 fully saturated rings. The lowest BCUT2D eigenvalue weighted by atomic mass is 10.1. The van der Waals surface area contributed by atoms with Gasteiger partial charge >= 0.3 is 0 Å². The summed E-state index contributed by atoms with van der Waals surface area (Å²) < 4.78 is 10.7. The molecule has 2 N–H and O–H groups in total. The van der Waals surface area contributed by atoms with Crippen molar-refractivity contribution in [3.05, 3.63) is 47.5 Å². The Morgan fingerprint density at radius 2 is 1.69 bits per heavy atom. The Balaban J connectivity index is 1.35. The van der Waals surface area contributed by atoms with Crippen LogP contribution in [-0.2, 0) is 6.54 Å². The summed E-state index contributed by atoms with van der Waals surface area (Å²) in [6.07, 6.45) is 0. The summed E-state index contributed by atoms with van der Waals surface area (Å²) in [5, 5.41) is 18.9. The first-order valence-corrected chi connectivity index (χ1v) is 8.52. The van der Waals surface area contributed by atoms with E-state index in [-0.39, 0.29) is 24.2 Å². The maximum absolute atomic E-state index is 12.5. The fourth-order valence-electron chi connectivity index (χ4n) is 3.25. The number of phenols is 2. The number of amides is 1. The predicted molar refractivity (Wildman–Crippen MR) is 93.5 cm³/mol. The van der Waals surface area contributed by atoms with Gasteiger partial charge in [-0.1, -0.05) is 6.07 Å². The highest BCUT2D eigenvalue weighted by Gasteiger charge is 2.23. The Bertz CT molecular complexity index is 831. The number of ether oxygens (including phenoxy) is 2. The second-order valence-corrected chi connectivity index (χ2v) is 6.46. The Hall–Kier alpha value is -2.93. The molecule has 4 rings (SSSR count). The zero-order chi connectivity index (χ0) is 18.1. The molecule has 0 bridgehead atoms. The van der Waals surface area contributed by atoms with Crippen LogP contribution in [0.1, 0.15) is 15.9 Å². The van der Waals surface area contributed by atoms with Gasteiger partial charge in [0.2, 0.25) is 6.79 Å². The fourth-order valence-corrected chi connectivity index (χ4v) is 3.25. The summed E-state index contributed by atoms with van der Waals surface area (Å²) in [5.74, 6) is 0.917. The number of hydrogen-bond acceptors (Lipinski definition) is 6. The molecule has 26 heavy (non-hydrogen) atoms. The first-order chi connectivity index (χ1) is 12.6. The standard InChI is InChI=1S/C19H20N2O5/c22-15-3-2-14(10-16(15)23)19(24)21-7-5-20(6-8-21)11-13-1-4-17-18(9-13)26-12-25-17/h1-4,9-10,22-23H,5-8,11-12H2. The summed E-state index contributed by atoms with van der Waals surface area (Å²) in [5.41, 5.74) is 1.53. The number of fused-ring (bicyclic) bond motifs is 1. The van der Waals surface area contributed by atoms with Gasteiger partial charge in [-0.05, 0) is 35.9 Å². The summed E-state index contributed by atoms with van der Waals surface area (Å²) >= 11 is 0. The van der Waals surface area contributed by atoms with Gasteiger partial charge in [0.05, 0.1) is 0 Å². The van der Waals surface area contributed by atoms with Crippen LogP contribution < -0.4 is 9.47 Å². The molecule has 1 amide bonds. The molecule has 7 nitrogen and oxygen atoms in total. The van der Waals surface area contributed by atoms with E-state index in [0.717, 1.165) is 36.7 Å². The molecule has 0 atom stereocenters. The number of benzene rings is 2. The van der Waals surface area contributed by atoms with Crippen LogP contribution in [0.3, 0.4) is 0 Å². The highest BCUT2D eigenvalue weighted by molar-refractivity contribution is 5.95. The lowest BCUT2D eigenvalue weighted by Crippen LogP contribution is -2.48. The highest BCUT2D eigenvalue weighted by Crippen LogP contribution is 2.33. The van der Waals surface area contributed by atoms with E-state index in [1.165, 1.54) is 18.2 Å². The van der Waals surface area contributed by atoms with Crippen LogP contribution in [0.25, 0.3) is 0 Å². The van der Waals surface area contributed by atoms with Crippen LogP contribution in [0.15, 0.2) is 36.4 Å². The van der Waals surface area contributed by atoms with Gasteiger partial charge in [0.1, 0.15) is 0 Å². The minimum atomic E-state index is -0.280.